The van der Waals surface area contributed by atoms with Gasteiger partial charge in [0, 0.05) is 13.1 Å². The van der Waals surface area contributed by atoms with E-state index in [0.29, 0.717) is 6.04 Å². The number of urea groups is 1. The van der Waals surface area contributed by atoms with Crippen molar-refractivity contribution in [3.8, 4) is 0 Å². The normalized spacial score (nSPS) is 22.4. The molecule has 0 bridgehead atoms. The number of rotatable bonds is 4. The van der Waals surface area contributed by atoms with E-state index in [1.54, 1.807) is 4.90 Å². The van der Waals surface area contributed by atoms with Gasteiger partial charge in [-0.05, 0) is 32.1 Å². The minimum atomic E-state index is -0.833. The molecule has 0 aromatic heterocycles. The quantitative estimate of drug-likeness (QED) is 0.822. The Morgan fingerprint density at radius 1 is 1.21 bits per heavy atom. The van der Waals surface area contributed by atoms with Crippen molar-refractivity contribution >= 4 is 12.0 Å². The van der Waals surface area contributed by atoms with Crippen LogP contribution in [-0.2, 0) is 4.79 Å². The van der Waals surface area contributed by atoms with Crippen molar-refractivity contribution in [2.75, 3.05) is 7.05 Å². The van der Waals surface area contributed by atoms with Crippen LogP contribution in [0, 0.1) is 0 Å². The Hall–Kier alpha value is -1.26. The Morgan fingerprint density at radius 2 is 1.84 bits per heavy atom. The van der Waals surface area contributed by atoms with Gasteiger partial charge in [0.1, 0.15) is 0 Å². The van der Waals surface area contributed by atoms with Crippen LogP contribution >= 0.6 is 0 Å². The van der Waals surface area contributed by atoms with E-state index in [1.165, 1.54) is 19.3 Å². The smallest absolute Gasteiger partial charge is 0.317 e. The Morgan fingerprint density at radius 3 is 2.32 bits per heavy atom. The Balaban J connectivity index is 1.89. The minimum Gasteiger partial charge on any atom is -0.481 e. The number of hydrogen-bond acceptors (Lipinski definition) is 2. The number of carboxylic acids is 1. The van der Waals surface area contributed by atoms with Gasteiger partial charge >= 0.3 is 12.0 Å². The summed E-state index contributed by atoms with van der Waals surface area (Å²) in [5.74, 6) is -0.833. The number of carboxylic acid groups (broad SMARTS) is 1. The molecule has 2 amide bonds. The Bertz CT molecular complexity index is 347. The summed E-state index contributed by atoms with van der Waals surface area (Å²) < 4.78 is 0. The largest absolute Gasteiger partial charge is 0.481 e. The van der Waals surface area contributed by atoms with Crippen molar-refractivity contribution < 1.29 is 14.7 Å². The van der Waals surface area contributed by atoms with Crippen LogP contribution in [0.5, 0.6) is 0 Å². The van der Waals surface area contributed by atoms with Crippen molar-refractivity contribution in [1.29, 1.82) is 0 Å². The standard InChI is InChI=1S/C14H24N2O3/c1-16(11-6-3-2-4-7-11)13(19)15-14(8-5-9-14)10-12(17)18/h11H,2-10H2,1H3,(H,15,19)(H,17,18). The van der Waals surface area contributed by atoms with E-state index in [9.17, 15) is 9.59 Å². The number of carbonyl (C=O) groups is 2. The number of amides is 2. The third-order valence-electron chi connectivity index (χ3n) is 4.62. The van der Waals surface area contributed by atoms with Crippen molar-refractivity contribution in [3.63, 3.8) is 0 Å². The van der Waals surface area contributed by atoms with E-state index < -0.39 is 11.5 Å². The maximum absolute atomic E-state index is 12.3. The molecule has 0 aliphatic heterocycles. The van der Waals surface area contributed by atoms with Crippen LogP contribution in [0.15, 0.2) is 0 Å². The second-order valence-corrected chi connectivity index (χ2v) is 6.04. The molecule has 2 saturated carbocycles. The lowest BCUT2D eigenvalue weighted by molar-refractivity contribution is -0.139. The summed E-state index contributed by atoms with van der Waals surface area (Å²) in [4.78, 5) is 24.9. The average molecular weight is 268 g/mol. The van der Waals surface area contributed by atoms with Crippen LogP contribution < -0.4 is 5.32 Å². The van der Waals surface area contributed by atoms with Gasteiger partial charge in [-0.25, -0.2) is 4.79 Å². The molecule has 19 heavy (non-hydrogen) atoms. The third-order valence-corrected chi connectivity index (χ3v) is 4.62. The lowest BCUT2D eigenvalue weighted by Gasteiger charge is -2.43. The van der Waals surface area contributed by atoms with Crippen molar-refractivity contribution in [3.05, 3.63) is 0 Å². The van der Waals surface area contributed by atoms with E-state index in [-0.39, 0.29) is 12.5 Å². The first-order valence-corrected chi connectivity index (χ1v) is 7.29. The van der Waals surface area contributed by atoms with Gasteiger partial charge in [0.15, 0.2) is 0 Å². The maximum atomic E-state index is 12.3. The Labute approximate surface area is 114 Å². The molecule has 0 unspecified atom stereocenters. The van der Waals surface area contributed by atoms with Crippen LogP contribution in [0.3, 0.4) is 0 Å². The first-order chi connectivity index (χ1) is 9.02. The molecular formula is C14H24N2O3. The molecule has 0 aromatic carbocycles. The van der Waals surface area contributed by atoms with Gasteiger partial charge in [-0.1, -0.05) is 19.3 Å². The predicted molar refractivity (Wildman–Crippen MR) is 72.0 cm³/mol. The number of hydrogen-bond donors (Lipinski definition) is 2. The molecular weight excluding hydrogens is 244 g/mol. The molecule has 2 aliphatic rings. The molecule has 2 N–H and O–H groups in total. The van der Waals surface area contributed by atoms with Crippen LogP contribution in [0.1, 0.15) is 57.8 Å². The van der Waals surface area contributed by atoms with Crippen LogP contribution in [0.2, 0.25) is 0 Å². The van der Waals surface area contributed by atoms with E-state index in [2.05, 4.69) is 5.32 Å². The van der Waals surface area contributed by atoms with Crippen LogP contribution in [-0.4, -0.2) is 40.6 Å². The molecule has 2 rings (SSSR count). The molecule has 108 valence electrons. The van der Waals surface area contributed by atoms with E-state index in [0.717, 1.165) is 32.1 Å². The van der Waals surface area contributed by atoms with E-state index in [1.807, 2.05) is 7.05 Å². The van der Waals surface area contributed by atoms with Gasteiger partial charge in [0.2, 0.25) is 0 Å². The topological polar surface area (TPSA) is 69.6 Å². The monoisotopic (exact) mass is 268 g/mol. The SMILES string of the molecule is CN(C(=O)NC1(CC(=O)O)CCC1)C1CCCCC1. The second kappa shape index (κ2) is 5.80. The highest BCUT2D eigenvalue weighted by molar-refractivity contribution is 5.77. The fraction of sp³-hybridized carbons (Fsp3) is 0.857. The highest BCUT2D eigenvalue weighted by Crippen LogP contribution is 2.35. The summed E-state index contributed by atoms with van der Waals surface area (Å²) in [7, 11) is 1.83. The zero-order valence-corrected chi connectivity index (χ0v) is 11.7. The number of nitrogens with zero attached hydrogens (tertiary/aromatic N) is 1. The first kappa shape index (κ1) is 14.2. The third kappa shape index (κ3) is 3.39. The minimum absolute atomic E-state index is 0.0389. The highest BCUT2D eigenvalue weighted by atomic mass is 16.4. The summed E-state index contributed by atoms with van der Waals surface area (Å²) in [5, 5.41) is 11.9. The summed E-state index contributed by atoms with van der Waals surface area (Å²) in [6.07, 6.45) is 8.36. The molecule has 2 fully saturated rings. The predicted octanol–water partition coefficient (Wildman–Crippen LogP) is 2.36. The van der Waals surface area contributed by atoms with Crippen LogP contribution in [0.25, 0.3) is 0 Å². The van der Waals surface area contributed by atoms with Gasteiger partial charge in [-0.15, -0.1) is 0 Å². The van der Waals surface area contributed by atoms with Gasteiger partial charge in [0.05, 0.1) is 12.0 Å². The molecule has 0 atom stereocenters. The molecule has 0 radical (unpaired) electrons. The molecule has 2 aliphatic carbocycles. The van der Waals surface area contributed by atoms with Gasteiger partial charge in [0.25, 0.3) is 0 Å². The number of carbonyl (C=O) groups excluding carboxylic acids is 1. The zero-order valence-electron chi connectivity index (χ0n) is 11.7. The molecule has 0 heterocycles. The fourth-order valence-electron chi connectivity index (χ4n) is 3.19. The van der Waals surface area contributed by atoms with Crippen LogP contribution in [0.4, 0.5) is 4.79 Å². The molecule has 5 heteroatoms. The zero-order chi connectivity index (χ0) is 13.9. The number of aliphatic carboxylic acids is 1. The Kier molecular flexibility index (Phi) is 4.32. The second-order valence-electron chi connectivity index (χ2n) is 6.04. The summed E-state index contributed by atoms with van der Waals surface area (Å²) >= 11 is 0. The number of nitrogens with one attached hydrogen (secondary N) is 1. The average Bonchev–Trinajstić information content (AvgIpc) is 2.35. The van der Waals surface area contributed by atoms with Crippen molar-refractivity contribution in [2.24, 2.45) is 0 Å². The summed E-state index contributed by atoms with van der Waals surface area (Å²) in [6.45, 7) is 0. The maximum Gasteiger partial charge on any atom is 0.317 e. The van der Waals surface area contributed by atoms with Gasteiger partial charge in [-0.2, -0.15) is 0 Å². The van der Waals surface area contributed by atoms with E-state index in [4.69, 9.17) is 5.11 Å². The molecule has 5 nitrogen and oxygen atoms in total. The molecule has 0 spiro atoms. The van der Waals surface area contributed by atoms with Gasteiger partial charge in [-0.3, -0.25) is 4.79 Å². The lowest BCUT2D eigenvalue weighted by Crippen LogP contribution is -2.58. The fourth-order valence-corrected chi connectivity index (χ4v) is 3.19. The molecule has 0 saturated heterocycles. The van der Waals surface area contributed by atoms with Crippen molar-refractivity contribution in [1.82, 2.24) is 10.2 Å². The van der Waals surface area contributed by atoms with E-state index >= 15 is 0 Å². The first-order valence-electron chi connectivity index (χ1n) is 7.29. The lowest BCUT2D eigenvalue weighted by atomic mass is 9.74. The summed E-state index contributed by atoms with van der Waals surface area (Å²) in [6, 6.07) is 0.212. The van der Waals surface area contributed by atoms with Crippen molar-refractivity contribution in [2.45, 2.75) is 69.4 Å². The highest BCUT2D eigenvalue weighted by Gasteiger charge is 2.41. The summed E-state index contributed by atoms with van der Waals surface area (Å²) in [5.41, 5.74) is -0.494. The van der Waals surface area contributed by atoms with Gasteiger partial charge < -0.3 is 15.3 Å². The molecule has 0 aromatic rings.